The Labute approximate surface area is 200 Å². The highest BCUT2D eigenvalue weighted by atomic mass is 32.2. The fourth-order valence-electron chi connectivity index (χ4n) is 3.64. The van der Waals surface area contributed by atoms with Crippen molar-refractivity contribution in [2.45, 2.75) is 37.3 Å². The quantitative estimate of drug-likeness (QED) is 0.424. The number of nitrogens with zero attached hydrogens (tertiary/aromatic N) is 3. The number of anilines is 2. The SMILES string of the molecule is CCNC(=O)C(C#N)CC1SC(CCNc2cccc(NC(=O)CN(C)C)c2)C(=O)N1CC. The molecular formula is C23H34N6O3S. The number of benzene rings is 1. The Hall–Kier alpha value is -2.77. The van der Waals surface area contributed by atoms with Gasteiger partial charge in [0.1, 0.15) is 5.92 Å². The molecule has 3 N–H and O–H groups in total. The summed E-state index contributed by atoms with van der Waals surface area (Å²) < 4.78 is 0. The second kappa shape index (κ2) is 13.1. The molecule has 0 aromatic heterocycles. The predicted molar refractivity (Wildman–Crippen MR) is 132 cm³/mol. The monoisotopic (exact) mass is 474 g/mol. The van der Waals surface area contributed by atoms with Crippen LogP contribution in [0, 0.1) is 17.2 Å². The van der Waals surface area contributed by atoms with Gasteiger partial charge in [-0.25, -0.2) is 0 Å². The summed E-state index contributed by atoms with van der Waals surface area (Å²) in [6.07, 6.45) is 0.942. The molecule has 0 aliphatic carbocycles. The smallest absolute Gasteiger partial charge is 0.238 e. The molecule has 180 valence electrons. The van der Waals surface area contributed by atoms with E-state index in [2.05, 4.69) is 22.0 Å². The number of likely N-dealkylation sites (N-methyl/N-ethyl adjacent to an activating group) is 1. The van der Waals surface area contributed by atoms with E-state index in [0.29, 0.717) is 44.7 Å². The van der Waals surface area contributed by atoms with Crippen LogP contribution in [0.5, 0.6) is 0 Å². The van der Waals surface area contributed by atoms with Crippen molar-refractivity contribution in [1.29, 1.82) is 5.26 Å². The molecule has 1 fully saturated rings. The van der Waals surface area contributed by atoms with Gasteiger partial charge in [-0.3, -0.25) is 14.4 Å². The molecule has 0 radical (unpaired) electrons. The van der Waals surface area contributed by atoms with Gasteiger partial charge in [-0.05, 0) is 52.6 Å². The van der Waals surface area contributed by atoms with E-state index >= 15 is 0 Å². The molecule has 1 aliphatic heterocycles. The third kappa shape index (κ3) is 7.94. The lowest BCUT2D eigenvalue weighted by atomic mass is 10.1. The van der Waals surface area contributed by atoms with Crippen LogP contribution in [0.4, 0.5) is 11.4 Å². The van der Waals surface area contributed by atoms with Crippen LogP contribution in [0.25, 0.3) is 0 Å². The normalized spacial score (nSPS) is 18.7. The molecule has 33 heavy (non-hydrogen) atoms. The van der Waals surface area contributed by atoms with Crippen LogP contribution in [0.3, 0.4) is 0 Å². The van der Waals surface area contributed by atoms with Gasteiger partial charge in [-0.2, -0.15) is 5.26 Å². The molecule has 10 heteroatoms. The molecule has 0 bridgehead atoms. The number of carbonyl (C=O) groups is 3. The third-order valence-corrected chi connectivity index (χ3v) is 6.70. The number of amides is 3. The van der Waals surface area contributed by atoms with Crippen LogP contribution in [-0.2, 0) is 14.4 Å². The van der Waals surface area contributed by atoms with Crippen LogP contribution >= 0.6 is 11.8 Å². The predicted octanol–water partition coefficient (Wildman–Crippen LogP) is 1.94. The molecule has 3 amide bonds. The maximum Gasteiger partial charge on any atom is 0.238 e. The first-order chi connectivity index (χ1) is 15.8. The minimum atomic E-state index is -0.772. The van der Waals surface area contributed by atoms with Crippen molar-refractivity contribution in [1.82, 2.24) is 15.1 Å². The minimum absolute atomic E-state index is 0.0478. The van der Waals surface area contributed by atoms with Crippen LogP contribution in [0.2, 0.25) is 0 Å². The summed E-state index contributed by atoms with van der Waals surface area (Å²) in [7, 11) is 3.68. The highest BCUT2D eigenvalue weighted by Crippen LogP contribution is 2.36. The van der Waals surface area contributed by atoms with Crippen LogP contribution in [0.15, 0.2) is 24.3 Å². The molecule has 1 heterocycles. The van der Waals surface area contributed by atoms with Crippen LogP contribution in [0.1, 0.15) is 26.7 Å². The zero-order valence-electron chi connectivity index (χ0n) is 19.8. The Bertz CT molecular complexity index is 872. The largest absolute Gasteiger partial charge is 0.385 e. The highest BCUT2D eigenvalue weighted by Gasteiger charge is 2.40. The Morgan fingerprint density at radius 3 is 2.64 bits per heavy atom. The molecule has 1 aromatic rings. The maximum atomic E-state index is 12.9. The van der Waals surface area contributed by atoms with Crippen LogP contribution < -0.4 is 16.0 Å². The molecule has 2 rings (SSSR count). The fraction of sp³-hybridized carbons (Fsp3) is 0.565. The van der Waals surface area contributed by atoms with Crippen molar-refractivity contribution in [2.24, 2.45) is 5.92 Å². The van der Waals surface area contributed by atoms with Gasteiger partial charge in [-0.1, -0.05) is 6.07 Å². The second-order valence-corrected chi connectivity index (χ2v) is 9.48. The Morgan fingerprint density at radius 2 is 2.00 bits per heavy atom. The first-order valence-electron chi connectivity index (χ1n) is 11.2. The van der Waals surface area contributed by atoms with Gasteiger partial charge in [0.2, 0.25) is 17.7 Å². The van der Waals surface area contributed by atoms with Gasteiger partial charge in [-0.15, -0.1) is 11.8 Å². The molecule has 1 aliphatic rings. The Morgan fingerprint density at radius 1 is 1.27 bits per heavy atom. The van der Waals surface area contributed by atoms with Gasteiger partial charge in [0, 0.05) is 37.4 Å². The molecule has 3 unspecified atom stereocenters. The van der Waals surface area contributed by atoms with Gasteiger partial charge in [0.25, 0.3) is 0 Å². The molecule has 0 spiro atoms. The average molecular weight is 475 g/mol. The second-order valence-electron chi connectivity index (χ2n) is 8.10. The average Bonchev–Trinajstić information content (AvgIpc) is 3.05. The third-order valence-electron chi connectivity index (χ3n) is 5.17. The van der Waals surface area contributed by atoms with E-state index < -0.39 is 5.92 Å². The summed E-state index contributed by atoms with van der Waals surface area (Å²) in [6, 6.07) is 9.54. The van der Waals surface area contributed by atoms with E-state index in [0.717, 1.165) is 5.69 Å². The molecule has 1 aromatic carbocycles. The lowest BCUT2D eigenvalue weighted by Crippen LogP contribution is -2.38. The summed E-state index contributed by atoms with van der Waals surface area (Å²) in [4.78, 5) is 40.5. The summed E-state index contributed by atoms with van der Waals surface area (Å²) in [6.45, 7) is 5.63. The van der Waals surface area contributed by atoms with E-state index in [1.807, 2.05) is 52.2 Å². The first-order valence-corrected chi connectivity index (χ1v) is 12.1. The van der Waals surface area contributed by atoms with E-state index in [1.165, 1.54) is 11.8 Å². The molecular weight excluding hydrogens is 440 g/mol. The van der Waals surface area contributed by atoms with E-state index in [1.54, 1.807) is 9.80 Å². The lowest BCUT2D eigenvalue weighted by Gasteiger charge is -2.23. The van der Waals surface area contributed by atoms with Crippen molar-refractivity contribution in [3.05, 3.63) is 24.3 Å². The zero-order valence-corrected chi connectivity index (χ0v) is 20.6. The molecule has 9 nitrogen and oxygen atoms in total. The van der Waals surface area contributed by atoms with Gasteiger partial charge >= 0.3 is 0 Å². The lowest BCUT2D eigenvalue weighted by molar-refractivity contribution is -0.131. The number of thioether (sulfide) groups is 1. The molecule has 1 saturated heterocycles. The van der Waals surface area contributed by atoms with Crippen LogP contribution in [-0.4, -0.2) is 78.4 Å². The summed E-state index contributed by atoms with van der Waals surface area (Å²) in [5, 5.41) is 17.9. The van der Waals surface area contributed by atoms with Crippen molar-refractivity contribution in [3.8, 4) is 6.07 Å². The summed E-state index contributed by atoms with van der Waals surface area (Å²) >= 11 is 1.53. The van der Waals surface area contributed by atoms with E-state index in [9.17, 15) is 19.6 Å². The minimum Gasteiger partial charge on any atom is -0.385 e. The number of rotatable bonds is 12. The topological polar surface area (TPSA) is 118 Å². The fourth-order valence-corrected chi connectivity index (χ4v) is 5.23. The van der Waals surface area contributed by atoms with Gasteiger partial charge < -0.3 is 25.8 Å². The van der Waals surface area contributed by atoms with Crippen molar-refractivity contribution in [2.75, 3.05) is 50.9 Å². The Balaban J connectivity index is 1.90. The van der Waals surface area contributed by atoms with Gasteiger partial charge in [0.05, 0.1) is 23.2 Å². The number of hydrogen-bond donors (Lipinski definition) is 3. The van der Waals surface area contributed by atoms with E-state index in [4.69, 9.17) is 0 Å². The summed E-state index contributed by atoms with van der Waals surface area (Å²) in [5.74, 6) is -1.09. The van der Waals surface area contributed by atoms with E-state index in [-0.39, 0.29) is 28.3 Å². The number of hydrogen-bond acceptors (Lipinski definition) is 7. The number of carbonyl (C=O) groups excluding carboxylic acids is 3. The van der Waals surface area contributed by atoms with Crippen molar-refractivity contribution >= 4 is 40.9 Å². The maximum absolute atomic E-state index is 12.9. The Kier molecular flexibility index (Phi) is 10.5. The first kappa shape index (κ1) is 26.5. The zero-order chi connectivity index (χ0) is 24.4. The van der Waals surface area contributed by atoms with Gasteiger partial charge in [0.15, 0.2) is 0 Å². The molecule has 0 saturated carbocycles. The van der Waals surface area contributed by atoms with Crippen molar-refractivity contribution < 1.29 is 14.4 Å². The number of nitrogens with one attached hydrogen (secondary N) is 3. The molecule has 3 atom stereocenters. The highest BCUT2D eigenvalue weighted by molar-refractivity contribution is 8.01. The number of nitriles is 1. The standard InChI is InChI=1S/C23H34N6O3S/c1-5-25-22(31)16(14-24)12-21-29(6-2)23(32)19(33-21)10-11-26-17-8-7-9-18(13-17)27-20(30)15-28(3)4/h7-9,13,16,19,21,26H,5-6,10-12,15H2,1-4H3,(H,25,31)(H,27,30). The summed E-state index contributed by atoms with van der Waals surface area (Å²) in [5.41, 5.74) is 1.57. The van der Waals surface area contributed by atoms with Crippen molar-refractivity contribution in [3.63, 3.8) is 0 Å².